The van der Waals surface area contributed by atoms with Gasteiger partial charge in [0.2, 0.25) is 0 Å². The summed E-state index contributed by atoms with van der Waals surface area (Å²) >= 11 is 0. The number of rotatable bonds is 2. The Kier molecular flexibility index (Phi) is 2.35. The van der Waals surface area contributed by atoms with Gasteiger partial charge in [0.15, 0.2) is 0 Å². The smallest absolute Gasteiger partial charge is 0.0549 e. The molecule has 1 saturated carbocycles. The van der Waals surface area contributed by atoms with E-state index >= 15 is 0 Å². The van der Waals surface area contributed by atoms with Crippen LogP contribution in [0.2, 0.25) is 0 Å². The van der Waals surface area contributed by atoms with Gasteiger partial charge in [0.1, 0.15) is 0 Å². The summed E-state index contributed by atoms with van der Waals surface area (Å²) in [6.45, 7) is 5.22. The molecule has 0 aliphatic heterocycles. The molecule has 0 saturated heterocycles. The van der Waals surface area contributed by atoms with E-state index in [-0.39, 0.29) is 11.5 Å². The summed E-state index contributed by atoms with van der Waals surface area (Å²) in [5.74, 6) is 0. The van der Waals surface area contributed by atoms with Crippen molar-refractivity contribution in [3.63, 3.8) is 0 Å². The van der Waals surface area contributed by atoms with Crippen LogP contribution < -0.4 is 0 Å². The van der Waals surface area contributed by atoms with Crippen LogP contribution in [0.25, 0.3) is 0 Å². The summed E-state index contributed by atoms with van der Waals surface area (Å²) in [5.41, 5.74) is 1.42. The summed E-state index contributed by atoms with van der Waals surface area (Å²) in [5, 5.41) is 13.8. The summed E-state index contributed by atoms with van der Waals surface area (Å²) in [6, 6.07) is 0. The van der Waals surface area contributed by atoms with E-state index in [4.69, 9.17) is 0 Å². The average Bonchev–Trinajstić information content (AvgIpc) is 2.73. The maximum Gasteiger partial charge on any atom is 0.0549 e. The normalized spacial score (nSPS) is 32.4. The van der Waals surface area contributed by atoms with Crippen LogP contribution in [-0.4, -0.2) is 21.0 Å². The second-order valence-corrected chi connectivity index (χ2v) is 4.54. The molecule has 0 radical (unpaired) electrons. The monoisotopic (exact) mass is 194 g/mol. The first-order valence-electron chi connectivity index (χ1n) is 5.35. The standard InChI is InChI=1S/C11H18N2O/c1-3-13-8-9(7-12-13)11(2)5-4-10(14)6-11/h7-8,10,14H,3-6H2,1-2H3. The van der Waals surface area contributed by atoms with Gasteiger partial charge in [0.05, 0.1) is 12.3 Å². The zero-order valence-corrected chi connectivity index (χ0v) is 8.90. The van der Waals surface area contributed by atoms with E-state index in [0.29, 0.717) is 0 Å². The molecular weight excluding hydrogens is 176 g/mol. The van der Waals surface area contributed by atoms with E-state index in [9.17, 15) is 5.11 Å². The van der Waals surface area contributed by atoms with E-state index in [0.717, 1.165) is 25.8 Å². The first kappa shape index (κ1) is 9.71. The summed E-state index contributed by atoms with van der Waals surface area (Å²) in [4.78, 5) is 0. The van der Waals surface area contributed by atoms with Gasteiger partial charge in [0.25, 0.3) is 0 Å². The molecule has 1 aromatic heterocycles. The van der Waals surface area contributed by atoms with Crippen LogP contribution >= 0.6 is 0 Å². The SMILES string of the molecule is CCn1cc(C2(C)CCC(O)C2)cn1. The van der Waals surface area contributed by atoms with E-state index in [2.05, 4.69) is 25.1 Å². The van der Waals surface area contributed by atoms with Gasteiger partial charge in [-0.1, -0.05) is 6.92 Å². The lowest BCUT2D eigenvalue weighted by Gasteiger charge is -2.21. The molecule has 3 heteroatoms. The Labute approximate surface area is 84.7 Å². The van der Waals surface area contributed by atoms with Crippen LogP contribution in [0.3, 0.4) is 0 Å². The van der Waals surface area contributed by atoms with Crippen molar-refractivity contribution in [1.82, 2.24) is 9.78 Å². The highest BCUT2D eigenvalue weighted by Crippen LogP contribution is 2.40. The minimum atomic E-state index is -0.120. The van der Waals surface area contributed by atoms with Gasteiger partial charge in [-0.15, -0.1) is 0 Å². The number of aliphatic hydroxyl groups excluding tert-OH is 1. The van der Waals surface area contributed by atoms with E-state index < -0.39 is 0 Å². The number of hydrogen-bond acceptors (Lipinski definition) is 2. The lowest BCUT2D eigenvalue weighted by atomic mass is 9.83. The van der Waals surface area contributed by atoms with Crippen LogP contribution in [0.15, 0.2) is 12.4 Å². The highest BCUT2D eigenvalue weighted by Gasteiger charge is 2.36. The fourth-order valence-electron chi connectivity index (χ4n) is 2.32. The highest BCUT2D eigenvalue weighted by atomic mass is 16.3. The molecule has 2 unspecified atom stereocenters. The van der Waals surface area contributed by atoms with Crippen molar-refractivity contribution in [1.29, 1.82) is 0 Å². The molecule has 2 atom stereocenters. The van der Waals surface area contributed by atoms with Gasteiger partial charge in [-0.2, -0.15) is 5.10 Å². The van der Waals surface area contributed by atoms with Gasteiger partial charge >= 0.3 is 0 Å². The molecule has 1 aliphatic rings. The molecule has 0 spiro atoms. The largest absolute Gasteiger partial charge is 0.393 e. The fraction of sp³-hybridized carbons (Fsp3) is 0.727. The Morgan fingerprint density at radius 3 is 3.00 bits per heavy atom. The van der Waals surface area contributed by atoms with Crippen LogP contribution in [0.5, 0.6) is 0 Å². The lowest BCUT2D eigenvalue weighted by molar-refractivity contribution is 0.175. The summed E-state index contributed by atoms with van der Waals surface area (Å²) in [6.07, 6.45) is 6.81. The third kappa shape index (κ3) is 1.57. The van der Waals surface area contributed by atoms with Gasteiger partial charge in [-0.3, -0.25) is 4.68 Å². The molecule has 14 heavy (non-hydrogen) atoms. The van der Waals surface area contributed by atoms with Gasteiger partial charge in [-0.25, -0.2) is 0 Å². The molecule has 3 nitrogen and oxygen atoms in total. The van der Waals surface area contributed by atoms with Gasteiger partial charge in [0, 0.05) is 12.7 Å². The number of aromatic nitrogens is 2. The Bertz CT molecular complexity index is 321. The lowest BCUT2D eigenvalue weighted by Crippen LogP contribution is -2.18. The Morgan fingerprint density at radius 1 is 1.71 bits per heavy atom. The molecule has 1 N–H and O–H groups in total. The third-order valence-corrected chi connectivity index (χ3v) is 3.37. The van der Waals surface area contributed by atoms with Crippen LogP contribution in [0.4, 0.5) is 0 Å². The Hall–Kier alpha value is -0.830. The van der Waals surface area contributed by atoms with Gasteiger partial charge < -0.3 is 5.11 Å². The maximum absolute atomic E-state index is 9.56. The topological polar surface area (TPSA) is 38.0 Å². The average molecular weight is 194 g/mol. The predicted molar refractivity (Wildman–Crippen MR) is 55.1 cm³/mol. The van der Waals surface area contributed by atoms with Crippen molar-refractivity contribution in [3.8, 4) is 0 Å². The van der Waals surface area contributed by atoms with Crippen LogP contribution in [0, 0.1) is 0 Å². The number of aryl methyl sites for hydroxylation is 1. The van der Waals surface area contributed by atoms with Crippen molar-refractivity contribution < 1.29 is 5.11 Å². The van der Waals surface area contributed by atoms with E-state index in [1.165, 1.54) is 5.56 Å². The molecule has 0 amide bonds. The zero-order valence-electron chi connectivity index (χ0n) is 8.90. The minimum absolute atomic E-state index is 0.120. The first-order chi connectivity index (χ1) is 6.64. The van der Waals surface area contributed by atoms with Crippen molar-refractivity contribution in [2.24, 2.45) is 0 Å². The van der Waals surface area contributed by atoms with Crippen molar-refractivity contribution in [2.45, 2.75) is 51.2 Å². The highest BCUT2D eigenvalue weighted by molar-refractivity contribution is 5.20. The molecule has 78 valence electrons. The molecule has 1 fully saturated rings. The van der Waals surface area contributed by atoms with E-state index in [1.807, 2.05) is 10.9 Å². The van der Waals surface area contributed by atoms with Crippen LogP contribution in [-0.2, 0) is 12.0 Å². The molecular formula is C11H18N2O. The predicted octanol–water partition coefficient (Wildman–Crippen LogP) is 1.71. The third-order valence-electron chi connectivity index (χ3n) is 3.37. The second kappa shape index (κ2) is 3.39. The molecule has 1 aliphatic carbocycles. The number of nitrogens with zero attached hydrogens (tertiary/aromatic N) is 2. The maximum atomic E-state index is 9.56. The molecule has 0 aromatic carbocycles. The molecule has 1 aromatic rings. The van der Waals surface area contributed by atoms with Crippen molar-refractivity contribution >= 4 is 0 Å². The molecule has 0 bridgehead atoms. The van der Waals surface area contributed by atoms with E-state index in [1.54, 1.807) is 0 Å². The fourth-order valence-corrected chi connectivity index (χ4v) is 2.32. The Morgan fingerprint density at radius 2 is 2.50 bits per heavy atom. The van der Waals surface area contributed by atoms with Gasteiger partial charge in [-0.05, 0) is 37.2 Å². The summed E-state index contributed by atoms with van der Waals surface area (Å²) < 4.78 is 1.95. The summed E-state index contributed by atoms with van der Waals surface area (Å²) in [7, 11) is 0. The molecule has 1 heterocycles. The second-order valence-electron chi connectivity index (χ2n) is 4.54. The minimum Gasteiger partial charge on any atom is -0.393 e. The Balaban J connectivity index is 2.21. The quantitative estimate of drug-likeness (QED) is 0.778. The zero-order chi connectivity index (χ0) is 10.2. The number of hydrogen-bond donors (Lipinski definition) is 1. The first-order valence-corrected chi connectivity index (χ1v) is 5.35. The van der Waals surface area contributed by atoms with Crippen LogP contribution in [0.1, 0.15) is 38.7 Å². The van der Waals surface area contributed by atoms with Crippen molar-refractivity contribution in [2.75, 3.05) is 0 Å². The number of aliphatic hydroxyl groups is 1. The molecule has 2 rings (SSSR count). The van der Waals surface area contributed by atoms with Crippen molar-refractivity contribution in [3.05, 3.63) is 18.0 Å².